The molecule has 4 rings (SSSR count). The molecule has 2 aromatic heterocycles. The molecule has 0 atom stereocenters. The summed E-state index contributed by atoms with van der Waals surface area (Å²) in [6.45, 7) is 0. The summed E-state index contributed by atoms with van der Waals surface area (Å²) in [6, 6.07) is 17.9. The average molecular weight is 425 g/mol. The number of phenols is 1. The fourth-order valence-corrected chi connectivity index (χ4v) is 3.21. The van der Waals surface area contributed by atoms with Crippen molar-refractivity contribution in [3.8, 4) is 28.3 Å². The summed E-state index contributed by atoms with van der Waals surface area (Å²) in [5.74, 6) is -0.586. The first kappa shape index (κ1) is 19.1. The number of alkyl halides is 1. The predicted molar refractivity (Wildman–Crippen MR) is 114 cm³/mol. The molecular formula is C21H14Cl2N4O2. The van der Waals surface area contributed by atoms with E-state index < -0.39 is 5.91 Å². The zero-order chi connectivity index (χ0) is 20.4. The number of fused-ring (bicyclic) bond motifs is 1. The van der Waals surface area contributed by atoms with Crippen LogP contribution in [-0.4, -0.2) is 31.8 Å². The maximum absolute atomic E-state index is 11.8. The third kappa shape index (κ3) is 3.99. The van der Waals surface area contributed by atoms with Crippen LogP contribution in [0, 0.1) is 0 Å². The second-order valence-electron chi connectivity index (χ2n) is 6.18. The van der Waals surface area contributed by atoms with Crippen molar-refractivity contribution in [2.75, 3.05) is 11.2 Å². The van der Waals surface area contributed by atoms with E-state index in [9.17, 15) is 9.90 Å². The number of nitrogens with one attached hydrogen (secondary N) is 1. The van der Waals surface area contributed by atoms with Crippen LogP contribution >= 0.6 is 23.2 Å². The number of anilines is 1. The van der Waals surface area contributed by atoms with Crippen LogP contribution in [0.15, 0.2) is 60.7 Å². The van der Waals surface area contributed by atoms with Crippen LogP contribution < -0.4 is 5.32 Å². The molecule has 2 heterocycles. The summed E-state index contributed by atoms with van der Waals surface area (Å²) in [4.78, 5) is 25.0. The predicted octanol–water partition coefficient (Wildman–Crippen LogP) is 4.90. The Morgan fingerprint density at radius 3 is 2.38 bits per heavy atom. The Kier molecular flexibility index (Phi) is 5.29. The van der Waals surface area contributed by atoms with Gasteiger partial charge in [-0.05, 0) is 30.3 Å². The summed E-state index contributed by atoms with van der Waals surface area (Å²) in [5, 5.41) is 13.9. The van der Waals surface area contributed by atoms with Gasteiger partial charge in [-0.25, -0.2) is 15.0 Å². The molecule has 0 aliphatic carbocycles. The lowest BCUT2D eigenvalue weighted by Gasteiger charge is -2.11. The zero-order valence-corrected chi connectivity index (χ0v) is 16.4. The molecule has 0 bridgehead atoms. The molecule has 0 spiro atoms. The third-order valence-corrected chi connectivity index (χ3v) is 4.76. The molecule has 6 nitrogen and oxygen atoms in total. The van der Waals surface area contributed by atoms with Crippen LogP contribution in [-0.2, 0) is 4.79 Å². The summed E-state index contributed by atoms with van der Waals surface area (Å²) in [7, 11) is 0. The van der Waals surface area contributed by atoms with Gasteiger partial charge in [-0.3, -0.25) is 10.1 Å². The maximum Gasteiger partial charge on any atom is 0.241 e. The van der Waals surface area contributed by atoms with Gasteiger partial charge >= 0.3 is 0 Å². The number of aromatic nitrogens is 3. The molecule has 2 N–H and O–H groups in total. The average Bonchev–Trinajstić information content (AvgIpc) is 2.73. The number of benzene rings is 2. The number of halogens is 2. The van der Waals surface area contributed by atoms with E-state index in [2.05, 4.69) is 20.3 Å². The molecule has 0 fully saturated rings. The number of rotatable bonds is 4. The van der Waals surface area contributed by atoms with Gasteiger partial charge in [-0.15, -0.1) is 11.6 Å². The van der Waals surface area contributed by atoms with Crippen LogP contribution in [0.3, 0.4) is 0 Å². The van der Waals surface area contributed by atoms with Crippen LogP contribution in [0.2, 0.25) is 5.15 Å². The van der Waals surface area contributed by atoms with E-state index >= 15 is 0 Å². The number of hydrogen-bond acceptors (Lipinski definition) is 5. The Labute approximate surface area is 176 Å². The largest absolute Gasteiger partial charge is 0.507 e. The molecule has 144 valence electrons. The van der Waals surface area contributed by atoms with Crippen LogP contribution in [0.5, 0.6) is 5.75 Å². The highest BCUT2D eigenvalue weighted by molar-refractivity contribution is 6.32. The number of amides is 1. The number of phenolic OH excluding ortho intramolecular Hbond substituents is 1. The lowest BCUT2D eigenvalue weighted by atomic mass is 10.1. The normalized spacial score (nSPS) is 10.8. The Hall–Kier alpha value is -3.22. The number of para-hydroxylation sites is 2. The second-order valence-corrected chi connectivity index (χ2v) is 6.81. The van der Waals surface area contributed by atoms with Gasteiger partial charge in [0.25, 0.3) is 0 Å². The molecule has 0 saturated carbocycles. The Balaban J connectivity index is 1.92. The minimum atomic E-state index is -0.449. The fourth-order valence-electron chi connectivity index (χ4n) is 2.90. The molecule has 8 heteroatoms. The smallest absolute Gasteiger partial charge is 0.241 e. The highest BCUT2D eigenvalue weighted by Crippen LogP contribution is 2.34. The van der Waals surface area contributed by atoms with E-state index in [1.165, 1.54) is 0 Å². The first-order valence-corrected chi connectivity index (χ1v) is 9.55. The molecule has 0 saturated heterocycles. The van der Waals surface area contributed by atoms with Gasteiger partial charge in [0.05, 0.1) is 16.9 Å². The van der Waals surface area contributed by atoms with Gasteiger partial charge in [-0.2, -0.15) is 0 Å². The van der Waals surface area contributed by atoms with Crippen molar-refractivity contribution in [2.45, 2.75) is 0 Å². The Bertz CT molecular complexity index is 1230. The molecule has 0 aliphatic rings. The van der Waals surface area contributed by atoms with E-state index in [1.54, 1.807) is 30.3 Å². The SMILES string of the molecule is O=C(CCl)Nc1nc(-c2ccccc2O)cc(-c2cc3ccccc3nc2Cl)n1. The van der Waals surface area contributed by atoms with Crippen molar-refractivity contribution in [2.24, 2.45) is 0 Å². The first-order chi connectivity index (χ1) is 14.0. The molecule has 4 aromatic rings. The number of pyridine rings is 1. The monoisotopic (exact) mass is 424 g/mol. The number of aromatic hydroxyl groups is 1. The molecule has 2 aromatic carbocycles. The topological polar surface area (TPSA) is 88.0 Å². The molecule has 0 unspecified atom stereocenters. The van der Waals surface area contributed by atoms with Crippen molar-refractivity contribution < 1.29 is 9.90 Å². The van der Waals surface area contributed by atoms with Crippen LogP contribution in [0.1, 0.15) is 0 Å². The maximum atomic E-state index is 11.8. The highest BCUT2D eigenvalue weighted by Gasteiger charge is 2.15. The van der Waals surface area contributed by atoms with E-state index in [0.29, 0.717) is 22.5 Å². The summed E-state index contributed by atoms with van der Waals surface area (Å²) >= 11 is 12.0. The third-order valence-electron chi connectivity index (χ3n) is 4.23. The molecule has 0 aliphatic heterocycles. The van der Waals surface area contributed by atoms with E-state index in [-0.39, 0.29) is 22.7 Å². The van der Waals surface area contributed by atoms with Gasteiger partial charge in [0.15, 0.2) is 0 Å². The molecule has 29 heavy (non-hydrogen) atoms. The Morgan fingerprint density at radius 2 is 1.62 bits per heavy atom. The van der Waals surface area contributed by atoms with Gasteiger partial charge in [-0.1, -0.05) is 41.9 Å². The number of hydrogen-bond donors (Lipinski definition) is 2. The lowest BCUT2D eigenvalue weighted by molar-refractivity contribution is -0.114. The minimum Gasteiger partial charge on any atom is -0.507 e. The van der Waals surface area contributed by atoms with Gasteiger partial charge < -0.3 is 5.11 Å². The number of nitrogens with zero attached hydrogens (tertiary/aromatic N) is 3. The Morgan fingerprint density at radius 1 is 0.931 bits per heavy atom. The van der Waals surface area contributed by atoms with Gasteiger partial charge in [0, 0.05) is 16.5 Å². The standard InChI is InChI=1S/C21H14Cl2N4O2/c22-11-19(29)27-21-25-16(13-6-2-4-8-18(13)28)10-17(26-21)14-9-12-5-1-3-7-15(12)24-20(14)23/h1-10,28H,11H2,(H,25,26,27,29). The van der Waals surface area contributed by atoms with Gasteiger partial charge in [0.2, 0.25) is 11.9 Å². The molecule has 1 amide bonds. The van der Waals surface area contributed by atoms with Crippen LogP contribution in [0.4, 0.5) is 5.95 Å². The van der Waals surface area contributed by atoms with E-state index in [0.717, 1.165) is 10.9 Å². The van der Waals surface area contributed by atoms with Crippen molar-refractivity contribution in [3.05, 3.63) is 65.8 Å². The van der Waals surface area contributed by atoms with E-state index in [1.807, 2.05) is 30.3 Å². The molecule has 0 radical (unpaired) electrons. The second kappa shape index (κ2) is 8.03. The summed E-state index contributed by atoms with van der Waals surface area (Å²) < 4.78 is 0. The number of carbonyl (C=O) groups is 1. The fraction of sp³-hybridized carbons (Fsp3) is 0.0476. The summed E-state index contributed by atoms with van der Waals surface area (Å²) in [6.07, 6.45) is 0. The van der Waals surface area contributed by atoms with Gasteiger partial charge in [0.1, 0.15) is 16.8 Å². The van der Waals surface area contributed by atoms with Crippen molar-refractivity contribution in [3.63, 3.8) is 0 Å². The number of carbonyl (C=O) groups excluding carboxylic acids is 1. The quantitative estimate of drug-likeness (QED) is 0.359. The molecular weight excluding hydrogens is 411 g/mol. The first-order valence-electron chi connectivity index (χ1n) is 8.64. The van der Waals surface area contributed by atoms with Crippen molar-refractivity contribution in [1.82, 2.24) is 15.0 Å². The van der Waals surface area contributed by atoms with Crippen molar-refractivity contribution >= 4 is 46.0 Å². The lowest BCUT2D eigenvalue weighted by Crippen LogP contribution is -2.15. The summed E-state index contributed by atoms with van der Waals surface area (Å²) in [5.41, 5.74) is 2.69. The minimum absolute atomic E-state index is 0.0505. The highest BCUT2D eigenvalue weighted by atomic mass is 35.5. The van der Waals surface area contributed by atoms with Crippen molar-refractivity contribution in [1.29, 1.82) is 0 Å². The van der Waals surface area contributed by atoms with E-state index in [4.69, 9.17) is 23.2 Å². The van der Waals surface area contributed by atoms with Crippen LogP contribution in [0.25, 0.3) is 33.4 Å². The zero-order valence-electron chi connectivity index (χ0n) is 14.9.